The van der Waals surface area contributed by atoms with Crippen LogP contribution in [0.25, 0.3) is 0 Å². The number of nitrogens with zero attached hydrogens (tertiary/aromatic N) is 2. The lowest BCUT2D eigenvalue weighted by molar-refractivity contribution is -0.125. The van der Waals surface area contributed by atoms with E-state index in [2.05, 4.69) is 10.3 Å². The summed E-state index contributed by atoms with van der Waals surface area (Å²) in [7, 11) is 1.62. The van der Waals surface area contributed by atoms with Crippen LogP contribution in [0, 0.1) is 12.8 Å². The molecule has 0 radical (unpaired) electrons. The minimum absolute atomic E-state index is 0.0551. The smallest absolute Gasteiger partial charge is 0.253 e. The highest BCUT2D eigenvalue weighted by Gasteiger charge is 2.40. The molecule has 1 fully saturated rings. The van der Waals surface area contributed by atoms with Gasteiger partial charge in [-0.2, -0.15) is 0 Å². The number of likely N-dealkylation sites (tertiary alicyclic amines) is 1. The number of aryl methyl sites for hydroxylation is 1. The van der Waals surface area contributed by atoms with Crippen LogP contribution in [-0.4, -0.2) is 41.9 Å². The minimum atomic E-state index is -0.354. The third-order valence-electron chi connectivity index (χ3n) is 5.95. The van der Waals surface area contributed by atoms with Crippen molar-refractivity contribution in [3.8, 4) is 5.75 Å². The van der Waals surface area contributed by atoms with Crippen molar-refractivity contribution in [2.45, 2.75) is 19.4 Å². The molecule has 32 heavy (non-hydrogen) atoms. The Morgan fingerprint density at radius 3 is 2.62 bits per heavy atom. The van der Waals surface area contributed by atoms with Gasteiger partial charge in [0.1, 0.15) is 5.75 Å². The van der Waals surface area contributed by atoms with Gasteiger partial charge in [0.05, 0.1) is 13.0 Å². The summed E-state index contributed by atoms with van der Waals surface area (Å²) in [4.78, 5) is 32.3. The Morgan fingerprint density at radius 2 is 1.91 bits per heavy atom. The average molecular weight is 430 g/mol. The van der Waals surface area contributed by atoms with E-state index in [4.69, 9.17) is 4.74 Å². The first-order valence-electron chi connectivity index (χ1n) is 10.7. The summed E-state index contributed by atoms with van der Waals surface area (Å²) in [5, 5.41) is 3.03. The molecule has 3 aromatic rings. The highest BCUT2D eigenvalue weighted by molar-refractivity contribution is 5.95. The van der Waals surface area contributed by atoms with Crippen molar-refractivity contribution in [2.24, 2.45) is 5.92 Å². The molecule has 0 bridgehead atoms. The van der Waals surface area contributed by atoms with Crippen molar-refractivity contribution < 1.29 is 14.3 Å². The number of pyridine rings is 1. The topological polar surface area (TPSA) is 71.5 Å². The molecule has 1 aliphatic rings. The number of hydrogen-bond acceptors (Lipinski definition) is 4. The Balaban J connectivity index is 1.56. The number of rotatable bonds is 6. The standard InChI is InChI=1S/C26H27N3O3/c1-18-8-10-20(11-9-18)26(31)29-16-23(21-6-3-7-22(13-21)32-2)24(17-29)25(30)28-15-19-5-4-12-27-14-19/h3-14,23-24H,15-17H2,1-2H3,(H,28,30). The lowest BCUT2D eigenvalue weighted by Gasteiger charge is -2.18. The highest BCUT2D eigenvalue weighted by atomic mass is 16.5. The van der Waals surface area contributed by atoms with Crippen molar-refractivity contribution in [3.05, 3.63) is 95.3 Å². The number of carbonyl (C=O) groups excluding carboxylic acids is 2. The third kappa shape index (κ3) is 4.80. The number of aromatic nitrogens is 1. The van der Waals surface area contributed by atoms with E-state index in [1.807, 2.05) is 67.6 Å². The van der Waals surface area contributed by atoms with Crippen molar-refractivity contribution in [2.75, 3.05) is 20.2 Å². The van der Waals surface area contributed by atoms with E-state index in [1.54, 1.807) is 24.4 Å². The average Bonchev–Trinajstić information content (AvgIpc) is 3.29. The van der Waals surface area contributed by atoms with Gasteiger partial charge in [0.15, 0.2) is 0 Å². The van der Waals surface area contributed by atoms with Crippen LogP contribution < -0.4 is 10.1 Å². The van der Waals surface area contributed by atoms with E-state index < -0.39 is 0 Å². The molecule has 0 saturated carbocycles. The number of benzene rings is 2. The monoisotopic (exact) mass is 429 g/mol. The Hall–Kier alpha value is -3.67. The number of ether oxygens (including phenoxy) is 1. The van der Waals surface area contributed by atoms with Gasteiger partial charge < -0.3 is 15.0 Å². The van der Waals surface area contributed by atoms with Crippen molar-refractivity contribution in [1.82, 2.24) is 15.2 Å². The third-order valence-corrected chi connectivity index (χ3v) is 5.95. The maximum Gasteiger partial charge on any atom is 0.253 e. The van der Waals surface area contributed by atoms with Gasteiger partial charge in [0, 0.05) is 43.5 Å². The molecule has 1 aromatic heterocycles. The summed E-state index contributed by atoms with van der Waals surface area (Å²) >= 11 is 0. The van der Waals surface area contributed by atoms with Gasteiger partial charge >= 0.3 is 0 Å². The zero-order valence-corrected chi connectivity index (χ0v) is 18.3. The Bertz CT molecular complexity index is 1080. The summed E-state index contributed by atoms with van der Waals surface area (Å²) in [6, 6.07) is 19.1. The maximum absolute atomic E-state index is 13.2. The van der Waals surface area contributed by atoms with Crippen LogP contribution in [-0.2, 0) is 11.3 Å². The predicted octanol–water partition coefficient (Wildman–Crippen LogP) is 3.57. The molecule has 0 aliphatic carbocycles. The highest BCUT2D eigenvalue weighted by Crippen LogP contribution is 2.35. The Kier molecular flexibility index (Phi) is 6.50. The van der Waals surface area contributed by atoms with Gasteiger partial charge in [-0.05, 0) is 48.4 Å². The summed E-state index contributed by atoms with van der Waals surface area (Å²) in [5.41, 5.74) is 3.66. The molecule has 2 unspecified atom stereocenters. The maximum atomic E-state index is 13.2. The van der Waals surface area contributed by atoms with E-state index in [1.165, 1.54) is 0 Å². The summed E-state index contributed by atoms with van der Waals surface area (Å²) < 4.78 is 5.38. The van der Waals surface area contributed by atoms with E-state index >= 15 is 0 Å². The van der Waals surface area contributed by atoms with Gasteiger partial charge in [-0.15, -0.1) is 0 Å². The molecule has 1 N–H and O–H groups in total. The first-order valence-corrected chi connectivity index (χ1v) is 10.7. The number of methoxy groups -OCH3 is 1. The van der Waals surface area contributed by atoms with Crippen LogP contribution in [0.15, 0.2) is 73.1 Å². The molecular weight excluding hydrogens is 402 g/mol. The number of hydrogen-bond donors (Lipinski definition) is 1. The lowest BCUT2D eigenvalue weighted by Crippen LogP contribution is -2.35. The summed E-state index contributed by atoms with van der Waals surface area (Å²) in [5.74, 6) is 0.142. The van der Waals surface area contributed by atoms with E-state index in [-0.39, 0.29) is 23.7 Å². The minimum Gasteiger partial charge on any atom is -0.497 e. The zero-order chi connectivity index (χ0) is 22.5. The van der Waals surface area contributed by atoms with Crippen LogP contribution in [0.2, 0.25) is 0 Å². The van der Waals surface area contributed by atoms with Gasteiger partial charge in [0.2, 0.25) is 5.91 Å². The van der Waals surface area contributed by atoms with Crippen LogP contribution >= 0.6 is 0 Å². The fourth-order valence-corrected chi connectivity index (χ4v) is 4.15. The van der Waals surface area contributed by atoms with Crippen LogP contribution in [0.3, 0.4) is 0 Å². The second-order valence-corrected chi connectivity index (χ2v) is 8.14. The van der Waals surface area contributed by atoms with Crippen molar-refractivity contribution in [3.63, 3.8) is 0 Å². The molecule has 164 valence electrons. The largest absolute Gasteiger partial charge is 0.497 e. The summed E-state index contributed by atoms with van der Waals surface area (Å²) in [6.45, 7) is 3.24. The first-order chi connectivity index (χ1) is 15.5. The summed E-state index contributed by atoms with van der Waals surface area (Å²) in [6.07, 6.45) is 3.44. The molecule has 6 heteroatoms. The molecule has 1 aliphatic heterocycles. The Morgan fingerprint density at radius 1 is 1.09 bits per heavy atom. The number of amides is 2. The SMILES string of the molecule is COc1cccc(C2CN(C(=O)c3ccc(C)cc3)CC2C(=O)NCc2cccnc2)c1. The van der Waals surface area contributed by atoms with E-state index in [0.717, 1.165) is 22.4 Å². The number of nitrogens with one attached hydrogen (secondary N) is 1. The molecule has 2 atom stereocenters. The molecule has 2 amide bonds. The second-order valence-electron chi connectivity index (χ2n) is 8.14. The van der Waals surface area contributed by atoms with E-state index in [9.17, 15) is 9.59 Å². The van der Waals surface area contributed by atoms with Crippen LogP contribution in [0.5, 0.6) is 5.75 Å². The van der Waals surface area contributed by atoms with Gasteiger partial charge in [0.25, 0.3) is 5.91 Å². The van der Waals surface area contributed by atoms with E-state index in [0.29, 0.717) is 25.2 Å². The molecular formula is C26H27N3O3. The molecule has 2 aromatic carbocycles. The zero-order valence-electron chi connectivity index (χ0n) is 18.3. The van der Waals surface area contributed by atoms with Crippen molar-refractivity contribution in [1.29, 1.82) is 0 Å². The number of carbonyl (C=O) groups is 2. The fourth-order valence-electron chi connectivity index (χ4n) is 4.15. The molecule has 2 heterocycles. The molecule has 1 saturated heterocycles. The normalized spacial score (nSPS) is 17.8. The van der Waals surface area contributed by atoms with Gasteiger partial charge in [-0.25, -0.2) is 0 Å². The first kappa shape index (κ1) is 21.6. The Labute approximate surface area is 188 Å². The quantitative estimate of drug-likeness (QED) is 0.650. The predicted molar refractivity (Wildman–Crippen MR) is 122 cm³/mol. The van der Waals surface area contributed by atoms with Crippen LogP contribution in [0.1, 0.15) is 33.0 Å². The second kappa shape index (κ2) is 9.64. The fraction of sp³-hybridized carbons (Fsp3) is 0.269. The van der Waals surface area contributed by atoms with Crippen LogP contribution in [0.4, 0.5) is 0 Å². The molecule has 6 nitrogen and oxygen atoms in total. The van der Waals surface area contributed by atoms with Crippen molar-refractivity contribution >= 4 is 11.8 Å². The van der Waals surface area contributed by atoms with Gasteiger partial charge in [-0.3, -0.25) is 14.6 Å². The molecule has 0 spiro atoms. The van der Waals surface area contributed by atoms with Gasteiger partial charge in [-0.1, -0.05) is 35.9 Å². The lowest BCUT2D eigenvalue weighted by atomic mass is 9.88. The molecule has 4 rings (SSSR count).